The average molecular weight is 170 g/mol. The van der Waals surface area contributed by atoms with Crippen LogP contribution in [0.5, 0.6) is 0 Å². The smallest absolute Gasteiger partial charge is 0.00931 e. The van der Waals surface area contributed by atoms with Crippen LogP contribution in [0.3, 0.4) is 0 Å². The average Bonchev–Trinajstić information content (AvgIpc) is 2.15. The maximum Gasteiger partial charge on any atom is 0.00931 e. The predicted molar refractivity (Wildman–Crippen MR) is 53.3 cm³/mol. The maximum absolute atomic E-state index is 3.44. The molecule has 1 fully saturated rings. The Morgan fingerprint density at radius 3 is 2.58 bits per heavy atom. The predicted octanol–water partition coefficient (Wildman–Crippen LogP) is 1.37. The zero-order valence-corrected chi connectivity index (χ0v) is 8.40. The highest BCUT2D eigenvalue weighted by Crippen LogP contribution is 2.19. The van der Waals surface area contributed by atoms with E-state index in [1.165, 1.54) is 38.8 Å². The summed E-state index contributed by atoms with van der Waals surface area (Å²) in [4.78, 5) is 0. The lowest BCUT2D eigenvalue weighted by Gasteiger charge is -2.30. The number of hydrogen-bond acceptors (Lipinski definition) is 2. The molecule has 0 spiro atoms. The second-order valence-electron chi connectivity index (χ2n) is 3.77. The maximum atomic E-state index is 3.44. The Kier molecular flexibility index (Phi) is 4.62. The molecule has 2 N–H and O–H groups in total. The van der Waals surface area contributed by atoms with Crippen LogP contribution in [0.15, 0.2) is 0 Å². The van der Waals surface area contributed by atoms with Gasteiger partial charge in [0, 0.05) is 6.04 Å². The third kappa shape index (κ3) is 2.76. The Bertz CT molecular complexity index is 106. The highest BCUT2D eigenvalue weighted by Gasteiger charge is 2.20. The van der Waals surface area contributed by atoms with Crippen LogP contribution >= 0.6 is 0 Å². The summed E-state index contributed by atoms with van der Waals surface area (Å²) in [5.41, 5.74) is 0. The minimum absolute atomic E-state index is 0.761. The first kappa shape index (κ1) is 10.0. The summed E-state index contributed by atoms with van der Waals surface area (Å²) in [7, 11) is 2.10. The first-order valence-electron chi connectivity index (χ1n) is 5.26. The van der Waals surface area contributed by atoms with Crippen molar-refractivity contribution in [3.05, 3.63) is 0 Å². The van der Waals surface area contributed by atoms with E-state index in [0.29, 0.717) is 0 Å². The molecule has 1 atom stereocenters. The molecular weight excluding hydrogens is 148 g/mol. The molecule has 1 unspecified atom stereocenters. The second kappa shape index (κ2) is 5.55. The van der Waals surface area contributed by atoms with Crippen molar-refractivity contribution in [2.45, 2.75) is 38.6 Å². The van der Waals surface area contributed by atoms with E-state index in [4.69, 9.17) is 0 Å². The number of hydrogen-bond donors (Lipinski definition) is 2. The normalized spacial score (nSPS) is 22.5. The molecule has 1 aliphatic rings. The highest BCUT2D eigenvalue weighted by atomic mass is 14.9. The van der Waals surface area contributed by atoms with Crippen molar-refractivity contribution in [2.24, 2.45) is 5.92 Å². The van der Waals surface area contributed by atoms with Crippen LogP contribution in [-0.4, -0.2) is 26.2 Å². The van der Waals surface area contributed by atoms with Crippen molar-refractivity contribution in [3.63, 3.8) is 0 Å². The lowest BCUT2D eigenvalue weighted by molar-refractivity contribution is 0.277. The second-order valence-corrected chi connectivity index (χ2v) is 3.77. The van der Waals surface area contributed by atoms with E-state index in [9.17, 15) is 0 Å². The van der Waals surface area contributed by atoms with Gasteiger partial charge in [0.15, 0.2) is 0 Å². The molecular formula is C10H22N2. The Labute approximate surface area is 76.1 Å². The summed E-state index contributed by atoms with van der Waals surface area (Å²) in [5, 5.41) is 6.85. The third-order valence-electron chi connectivity index (χ3n) is 2.92. The van der Waals surface area contributed by atoms with Gasteiger partial charge >= 0.3 is 0 Å². The van der Waals surface area contributed by atoms with Gasteiger partial charge in [0.25, 0.3) is 0 Å². The van der Waals surface area contributed by atoms with Crippen LogP contribution < -0.4 is 10.6 Å². The Morgan fingerprint density at radius 1 is 1.42 bits per heavy atom. The Balaban J connectivity index is 2.29. The highest BCUT2D eigenvalue weighted by molar-refractivity contribution is 4.79. The minimum atomic E-state index is 0.761. The Morgan fingerprint density at radius 2 is 2.08 bits per heavy atom. The van der Waals surface area contributed by atoms with E-state index in [-0.39, 0.29) is 0 Å². The first-order chi connectivity index (χ1) is 5.88. The number of rotatable bonds is 4. The molecule has 0 aromatic carbocycles. The van der Waals surface area contributed by atoms with Gasteiger partial charge in [-0.2, -0.15) is 0 Å². The quantitative estimate of drug-likeness (QED) is 0.666. The first-order valence-corrected chi connectivity index (χ1v) is 5.26. The fraction of sp³-hybridized carbons (Fsp3) is 1.00. The molecule has 0 aliphatic carbocycles. The van der Waals surface area contributed by atoms with Gasteiger partial charge in [-0.05, 0) is 45.3 Å². The SMILES string of the molecule is CCCC(NC)C1CCNCC1. The summed E-state index contributed by atoms with van der Waals surface area (Å²) in [6.45, 7) is 4.70. The van der Waals surface area contributed by atoms with E-state index in [2.05, 4.69) is 24.6 Å². The van der Waals surface area contributed by atoms with Crippen molar-refractivity contribution < 1.29 is 0 Å². The van der Waals surface area contributed by atoms with Gasteiger partial charge in [-0.25, -0.2) is 0 Å². The topological polar surface area (TPSA) is 24.1 Å². The summed E-state index contributed by atoms with van der Waals surface area (Å²) in [6.07, 6.45) is 5.34. The van der Waals surface area contributed by atoms with Gasteiger partial charge in [-0.1, -0.05) is 13.3 Å². The third-order valence-corrected chi connectivity index (χ3v) is 2.92. The molecule has 72 valence electrons. The van der Waals surface area contributed by atoms with Crippen molar-refractivity contribution in [1.29, 1.82) is 0 Å². The van der Waals surface area contributed by atoms with Gasteiger partial charge in [-0.15, -0.1) is 0 Å². The van der Waals surface area contributed by atoms with Crippen LogP contribution in [0.4, 0.5) is 0 Å². The molecule has 0 aromatic heterocycles. The van der Waals surface area contributed by atoms with Crippen LogP contribution in [0.1, 0.15) is 32.6 Å². The van der Waals surface area contributed by atoms with Gasteiger partial charge in [0.1, 0.15) is 0 Å². The van der Waals surface area contributed by atoms with Crippen LogP contribution in [-0.2, 0) is 0 Å². The van der Waals surface area contributed by atoms with Crippen LogP contribution in [0.2, 0.25) is 0 Å². The molecule has 0 saturated carbocycles. The van der Waals surface area contributed by atoms with Gasteiger partial charge < -0.3 is 10.6 Å². The Hall–Kier alpha value is -0.0800. The zero-order chi connectivity index (χ0) is 8.81. The molecule has 0 radical (unpaired) electrons. The molecule has 12 heavy (non-hydrogen) atoms. The van der Waals surface area contributed by atoms with Crippen molar-refractivity contribution in [1.82, 2.24) is 10.6 Å². The zero-order valence-electron chi connectivity index (χ0n) is 8.40. The molecule has 1 rings (SSSR count). The standard InChI is InChI=1S/C10H22N2/c1-3-4-10(11-2)9-5-7-12-8-6-9/h9-12H,3-8H2,1-2H3. The van der Waals surface area contributed by atoms with E-state index >= 15 is 0 Å². The summed E-state index contributed by atoms with van der Waals surface area (Å²) in [5.74, 6) is 0.913. The van der Waals surface area contributed by atoms with Crippen LogP contribution in [0.25, 0.3) is 0 Å². The summed E-state index contributed by atoms with van der Waals surface area (Å²) < 4.78 is 0. The molecule has 2 heteroatoms. The minimum Gasteiger partial charge on any atom is -0.317 e. The number of nitrogens with one attached hydrogen (secondary N) is 2. The van der Waals surface area contributed by atoms with Crippen molar-refractivity contribution in [3.8, 4) is 0 Å². The summed E-state index contributed by atoms with van der Waals surface area (Å²) >= 11 is 0. The fourth-order valence-corrected chi connectivity index (χ4v) is 2.17. The van der Waals surface area contributed by atoms with Gasteiger partial charge in [-0.3, -0.25) is 0 Å². The van der Waals surface area contributed by atoms with Crippen LogP contribution in [0, 0.1) is 5.92 Å². The molecule has 1 aliphatic heterocycles. The van der Waals surface area contributed by atoms with Crippen molar-refractivity contribution in [2.75, 3.05) is 20.1 Å². The van der Waals surface area contributed by atoms with E-state index in [1.54, 1.807) is 0 Å². The molecule has 0 bridgehead atoms. The van der Waals surface area contributed by atoms with Gasteiger partial charge in [0.2, 0.25) is 0 Å². The summed E-state index contributed by atoms with van der Waals surface area (Å²) in [6, 6.07) is 0.761. The molecule has 0 amide bonds. The van der Waals surface area contributed by atoms with Gasteiger partial charge in [0.05, 0.1) is 0 Å². The lowest BCUT2D eigenvalue weighted by Crippen LogP contribution is -2.40. The monoisotopic (exact) mass is 170 g/mol. The van der Waals surface area contributed by atoms with E-state index in [0.717, 1.165) is 12.0 Å². The molecule has 1 saturated heterocycles. The van der Waals surface area contributed by atoms with Crippen molar-refractivity contribution >= 4 is 0 Å². The largest absolute Gasteiger partial charge is 0.317 e. The molecule has 1 heterocycles. The number of piperidine rings is 1. The molecule has 0 aromatic rings. The van der Waals surface area contributed by atoms with E-state index in [1.807, 2.05) is 0 Å². The van der Waals surface area contributed by atoms with E-state index < -0.39 is 0 Å². The lowest BCUT2D eigenvalue weighted by atomic mass is 9.88. The fourth-order valence-electron chi connectivity index (χ4n) is 2.17. The molecule has 2 nitrogen and oxygen atoms in total.